The molecule has 0 radical (unpaired) electrons. The summed E-state index contributed by atoms with van der Waals surface area (Å²) < 4.78 is 52.0. The van der Waals surface area contributed by atoms with Crippen LogP contribution in [0, 0.1) is 0 Å². The summed E-state index contributed by atoms with van der Waals surface area (Å²) >= 11 is 0. The van der Waals surface area contributed by atoms with Crippen LogP contribution in [0.3, 0.4) is 0 Å². The van der Waals surface area contributed by atoms with Crippen molar-refractivity contribution in [2.45, 2.75) is 13.1 Å². The van der Waals surface area contributed by atoms with E-state index in [-0.39, 0.29) is 17.6 Å². The van der Waals surface area contributed by atoms with Crippen molar-refractivity contribution in [3.63, 3.8) is 0 Å². The largest absolute Gasteiger partial charge is 0.477 e. The Hall–Kier alpha value is -3.17. The summed E-state index contributed by atoms with van der Waals surface area (Å²) in [6.45, 7) is 0.796. The second-order valence-corrected chi connectivity index (χ2v) is 5.00. The lowest BCUT2D eigenvalue weighted by Gasteiger charge is -2.08. The second-order valence-electron chi connectivity index (χ2n) is 5.00. The van der Waals surface area contributed by atoms with Crippen LogP contribution in [0.1, 0.15) is 6.92 Å². The third kappa shape index (κ3) is 4.26. The van der Waals surface area contributed by atoms with Gasteiger partial charge in [-0.15, -0.1) is 0 Å². The summed E-state index contributed by atoms with van der Waals surface area (Å²) in [5.41, 5.74) is 0.907. The van der Waals surface area contributed by atoms with Gasteiger partial charge in [0.1, 0.15) is 0 Å². The van der Waals surface area contributed by atoms with E-state index in [0.29, 0.717) is 23.6 Å². The summed E-state index contributed by atoms with van der Waals surface area (Å²) in [4.78, 5) is 12.1. The molecule has 26 heavy (non-hydrogen) atoms. The zero-order chi connectivity index (χ0) is 18.6. The van der Waals surface area contributed by atoms with Crippen molar-refractivity contribution < 1.29 is 27.2 Å². The predicted molar refractivity (Wildman–Crippen MR) is 83.5 cm³/mol. The Balaban J connectivity index is 1.84. The first-order valence-electron chi connectivity index (χ1n) is 7.54. The average Bonchev–Trinajstić information content (AvgIpc) is 3.10. The highest BCUT2D eigenvalue weighted by molar-refractivity contribution is 5.64. The van der Waals surface area contributed by atoms with Crippen molar-refractivity contribution in [3.8, 4) is 34.6 Å². The van der Waals surface area contributed by atoms with Gasteiger partial charge in [-0.1, -0.05) is 5.16 Å². The van der Waals surface area contributed by atoms with E-state index in [1.165, 1.54) is 18.3 Å². The van der Waals surface area contributed by atoms with Gasteiger partial charge >= 0.3 is 6.18 Å². The number of ether oxygens (including phenoxy) is 2. The molecule has 0 aromatic carbocycles. The van der Waals surface area contributed by atoms with Crippen LogP contribution < -0.4 is 9.47 Å². The molecule has 136 valence electrons. The van der Waals surface area contributed by atoms with Crippen molar-refractivity contribution in [1.29, 1.82) is 0 Å². The Morgan fingerprint density at radius 1 is 1.12 bits per heavy atom. The fourth-order valence-corrected chi connectivity index (χ4v) is 2.04. The maximum atomic E-state index is 12.2. The van der Waals surface area contributed by atoms with Crippen LogP contribution in [0.4, 0.5) is 13.2 Å². The van der Waals surface area contributed by atoms with Crippen molar-refractivity contribution in [3.05, 3.63) is 36.7 Å². The zero-order valence-electron chi connectivity index (χ0n) is 13.5. The quantitative estimate of drug-likeness (QED) is 0.660. The van der Waals surface area contributed by atoms with Crippen molar-refractivity contribution >= 4 is 0 Å². The Morgan fingerprint density at radius 2 is 1.96 bits per heavy atom. The summed E-state index contributed by atoms with van der Waals surface area (Å²) in [5, 5.41) is 3.87. The van der Waals surface area contributed by atoms with E-state index in [9.17, 15) is 13.2 Å². The van der Waals surface area contributed by atoms with Gasteiger partial charge in [-0.2, -0.15) is 18.2 Å². The molecule has 3 heterocycles. The van der Waals surface area contributed by atoms with Gasteiger partial charge < -0.3 is 14.0 Å². The van der Waals surface area contributed by atoms with E-state index in [2.05, 4.69) is 24.8 Å². The van der Waals surface area contributed by atoms with Crippen LogP contribution in [-0.2, 0) is 0 Å². The number of halogens is 3. The molecule has 0 N–H and O–H groups in total. The smallest absolute Gasteiger partial charge is 0.422 e. The number of nitrogens with zero attached hydrogens (tertiary/aromatic N) is 4. The zero-order valence-corrected chi connectivity index (χ0v) is 13.5. The average molecular weight is 366 g/mol. The van der Waals surface area contributed by atoms with Gasteiger partial charge in [-0.25, -0.2) is 9.97 Å². The van der Waals surface area contributed by atoms with Crippen LogP contribution in [-0.4, -0.2) is 39.5 Å². The van der Waals surface area contributed by atoms with E-state index in [1.807, 2.05) is 6.92 Å². The minimum atomic E-state index is -4.45. The van der Waals surface area contributed by atoms with E-state index < -0.39 is 12.8 Å². The molecular formula is C16H13F3N4O3. The van der Waals surface area contributed by atoms with Crippen LogP contribution in [0.5, 0.6) is 11.8 Å². The number of aromatic nitrogens is 4. The van der Waals surface area contributed by atoms with E-state index in [4.69, 9.17) is 9.26 Å². The van der Waals surface area contributed by atoms with Gasteiger partial charge in [0.25, 0.3) is 5.89 Å². The number of alkyl halides is 3. The minimum Gasteiger partial charge on any atom is -0.477 e. The highest BCUT2D eigenvalue weighted by Crippen LogP contribution is 2.28. The molecule has 3 rings (SSSR count). The van der Waals surface area contributed by atoms with Crippen LogP contribution in [0.15, 0.2) is 41.2 Å². The van der Waals surface area contributed by atoms with Gasteiger partial charge in [0.15, 0.2) is 6.61 Å². The Bertz CT molecular complexity index is 883. The Morgan fingerprint density at radius 3 is 2.73 bits per heavy atom. The van der Waals surface area contributed by atoms with E-state index in [1.54, 1.807) is 18.3 Å². The fourth-order valence-electron chi connectivity index (χ4n) is 2.04. The molecular weight excluding hydrogens is 353 g/mol. The topological polar surface area (TPSA) is 83.2 Å². The number of hydrogen-bond acceptors (Lipinski definition) is 7. The lowest BCUT2D eigenvalue weighted by molar-refractivity contribution is -0.154. The SMILES string of the molecule is CCOc1ncccc1-c1noc(-c2ccnc(OCC(F)(F)F)c2)n1. The van der Waals surface area contributed by atoms with Gasteiger partial charge in [0.05, 0.1) is 12.2 Å². The van der Waals surface area contributed by atoms with E-state index >= 15 is 0 Å². The third-order valence-electron chi connectivity index (χ3n) is 3.08. The van der Waals surface area contributed by atoms with Crippen LogP contribution in [0.2, 0.25) is 0 Å². The molecule has 0 fully saturated rings. The van der Waals surface area contributed by atoms with Gasteiger partial charge in [0, 0.05) is 24.0 Å². The summed E-state index contributed by atoms with van der Waals surface area (Å²) in [6.07, 6.45) is -1.59. The molecule has 0 aliphatic heterocycles. The standard InChI is InChI=1S/C16H13F3N4O3/c1-2-24-15-11(4-3-6-21-15)13-22-14(26-23-13)10-5-7-20-12(8-10)25-9-16(17,18)19/h3-8H,2,9H2,1H3. The van der Waals surface area contributed by atoms with Gasteiger partial charge in [-0.05, 0) is 25.1 Å². The predicted octanol–water partition coefficient (Wildman–Crippen LogP) is 3.53. The highest BCUT2D eigenvalue weighted by Gasteiger charge is 2.28. The maximum Gasteiger partial charge on any atom is 0.422 e. The fraction of sp³-hybridized carbons (Fsp3) is 0.250. The van der Waals surface area contributed by atoms with Gasteiger partial charge in [0.2, 0.25) is 17.6 Å². The molecule has 0 aliphatic rings. The molecule has 0 bridgehead atoms. The summed E-state index contributed by atoms with van der Waals surface area (Å²) in [6, 6.07) is 6.22. The molecule has 3 aromatic rings. The number of rotatable bonds is 6. The molecule has 0 aliphatic carbocycles. The van der Waals surface area contributed by atoms with Crippen LogP contribution >= 0.6 is 0 Å². The summed E-state index contributed by atoms with van der Waals surface area (Å²) in [5.74, 6) is 0.499. The number of pyridine rings is 2. The van der Waals surface area contributed by atoms with E-state index in [0.717, 1.165) is 0 Å². The molecule has 0 unspecified atom stereocenters. The molecule has 0 saturated carbocycles. The normalized spacial score (nSPS) is 11.4. The van der Waals surface area contributed by atoms with Gasteiger partial charge in [-0.3, -0.25) is 0 Å². The minimum absolute atomic E-state index is 0.102. The third-order valence-corrected chi connectivity index (χ3v) is 3.08. The first-order chi connectivity index (χ1) is 12.5. The lowest BCUT2D eigenvalue weighted by atomic mass is 10.2. The monoisotopic (exact) mass is 366 g/mol. The van der Waals surface area contributed by atoms with Crippen molar-refractivity contribution in [1.82, 2.24) is 20.1 Å². The molecule has 3 aromatic heterocycles. The van der Waals surface area contributed by atoms with Crippen molar-refractivity contribution in [2.24, 2.45) is 0 Å². The van der Waals surface area contributed by atoms with Crippen LogP contribution in [0.25, 0.3) is 22.8 Å². The molecule has 0 spiro atoms. The Labute approximate surface area is 145 Å². The summed E-state index contributed by atoms with van der Waals surface area (Å²) in [7, 11) is 0. The molecule has 10 heteroatoms. The first kappa shape index (κ1) is 17.6. The highest BCUT2D eigenvalue weighted by atomic mass is 19.4. The van der Waals surface area contributed by atoms with Crippen molar-refractivity contribution in [2.75, 3.05) is 13.2 Å². The molecule has 7 nitrogen and oxygen atoms in total. The lowest BCUT2D eigenvalue weighted by Crippen LogP contribution is -2.19. The molecule has 0 saturated heterocycles. The number of hydrogen-bond donors (Lipinski definition) is 0. The second kappa shape index (κ2) is 7.38. The Kier molecular flexibility index (Phi) is 5.01. The molecule has 0 amide bonds. The molecule has 0 atom stereocenters. The first-order valence-corrected chi connectivity index (χ1v) is 7.54. The maximum absolute atomic E-state index is 12.2.